The summed E-state index contributed by atoms with van der Waals surface area (Å²) in [7, 11) is 0. The third-order valence-corrected chi connectivity index (χ3v) is 5.13. The second-order valence-corrected chi connectivity index (χ2v) is 6.95. The molecule has 1 aromatic heterocycles. The van der Waals surface area contributed by atoms with Gasteiger partial charge in [0.2, 0.25) is 0 Å². The Labute approximate surface area is 160 Å². The number of aromatic nitrogens is 2. The van der Waals surface area contributed by atoms with Crippen LogP contribution in [0.5, 0.6) is 0 Å². The van der Waals surface area contributed by atoms with Crippen LogP contribution in [0.2, 0.25) is 0 Å². The number of carbonyl (C=O) groups excluding carboxylic acids is 2. The number of rotatable bonds is 4. The number of H-pyrrole nitrogens is 1. The fraction of sp³-hybridized carbons (Fsp3) is 0.421. The van der Waals surface area contributed by atoms with Gasteiger partial charge in [0.05, 0.1) is 18.3 Å². The molecule has 1 atom stereocenters. The number of halogens is 2. The monoisotopic (exact) mass is 390 g/mol. The second kappa shape index (κ2) is 7.67. The first-order valence-electron chi connectivity index (χ1n) is 9.24. The van der Waals surface area contributed by atoms with Gasteiger partial charge in [-0.15, -0.1) is 0 Å². The summed E-state index contributed by atoms with van der Waals surface area (Å²) < 4.78 is 33.3. The van der Waals surface area contributed by atoms with Crippen LogP contribution in [0.15, 0.2) is 18.2 Å². The van der Waals surface area contributed by atoms with Crippen LogP contribution in [-0.4, -0.2) is 52.7 Å². The van der Waals surface area contributed by atoms with E-state index in [1.807, 2.05) is 0 Å². The Kier molecular flexibility index (Phi) is 5.08. The number of nitrogens with zero attached hydrogens (tertiary/aromatic N) is 2. The molecule has 148 valence electrons. The molecule has 2 aliphatic heterocycles. The van der Waals surface area contributed by atoms with Gasteiger partial charge in [-0.2, -0.15) is 5.10 Å². The summed E-state index contributed by atoms with van der Waals surface area (Å²) in [6.07, 6.45) is 2.31. The molecule has 7 nitrogen and oxygen atoms in total. The van der Waals surface area contributed by atoms with Gasteiger partial charge in [0.15, 0.2) is 5.69 Å². The highest BCUT2D eigenvalue weighted by atomic mass is 19.1. The zero-order chi connectivity index (χ0) is 19.7. The van der Waals surface area contributed by atoms with Gasteiger partial charge >= 0.3 is 0 Å². The van der Waals surface area contributed by atoms with Crippen molar-refractivity contribution in [1.29, 1.82) is 0 Å². The van der Waals surface area contributed by atoms with Gasteiger partial charge < -0.3 is 15.0 Å². The average molecular weight is 390 g/mol. The number of ether oxygens (including phenoxy) is 1. The van der Waals surface area contributed by atoms with Gasteiger partial charge in [0.1, 0.15) is 17.2 Å². The lowest BCUT2D eigenvalue weighted by molar-refractivity contribution is 0.0722. The standard InChI is InChI=1S/C19H20F2N4O3/c20-13-4-1-5-14(21)16(13)19(27)25-7-6-12-15(10-25)23-24-17(12)18(26)22-9-11-3-2-8-28-11/h1,4-5,11H,2-3,6-10H2,(H,22,26)(H,23,24). The Hall–Kier alpha value is -2.81. The molecule has 4 rings (SSSR count). The minimum absolute atomic E-state index is 0.0301. The highest BCUT2D eigenvalue weighted by Gasteiger charge is 2.30. The van der Waals surface area contributed by atoms with Crippen molar-refractivity contribution in [3.05, 3.63) is 52.3 Å². The summed E-state index contributed by atoms with van der Waals surface area (Å²) in [6.45, 7) is 1.49. The van der Waals surface area contributed by atoms with Crippen LogP contribution in [0, 0.1) is 11.6 Å². The first-order chi connectivity index (χ1) is 13.5. The number of fused-ring (bicyclic) bond motifs is 1. The Morgan fingerprint density at radius 2 is 2.11 bits per heavy atom. The molecule has 2 N–H and O–H groups in total. The molecular weight excluding hydrogens is 370 g/mol. The molecular formula is C19H20F2N4O3. The molecule has 1 aromatic carbocycles. The fourth-order valence-corrected chi connectivity index (χ4v) is 3.64. The number of aromatic amines is 1. The number of hydrogen-bond donors (Lipinski definition) is 2. The van der Waals surface area contributed by atoms with E-state index in [1.165, 1.54) is 11.0 Å². The number of hydrogen-bond acceptors (Lipinski definition) is 4. The molecule has 0 radical (unpaired) electrons. The lowest BCUT2D eigenvalue weighted by Gasteiger charge is -2.27. The van der Waals surface area contributed by atoms with Gasteiger partial charge in [-0.05, 0) is 31.4 Å². The minimum atomic E-state index is -0.894. The largest absolute Gasteiger partial charge is 0.376 e. The van der Waals surface area contributed by atoms with E-state index in [1.54, 1.807) is 0 Å². The van der Waals surface area contributed by atoms with Crippen molar-refractivity contribution in [3.8, 4) is 0 Å². The van der Waals surface area contributed by atoms with E-state index in [2.05, 4.69) is 15.5 Å². The molecule has 0 bridgehead atoms. The maximum atomic E-state index is 13.9. The second-order valence-electron chi connectivity index (χ2n) is 6.95. The zero-order valence-electron chi connectivity index (χ0n) is 15.1. The topological polar surface area (TPSA) is 87.3 Å². The molecule has 9 heteroatoms. The van der Waals surface area contributed by atoms with Crippen LogP contribution >= 0.6 is 0 Å². The summed E-state index contributed by atoms with van der Waals surface area (Å²) in [6, 6.07) is 3.32. The Morgan fingerprint density at radius 1 is 1.32 bits per heavy atom. The number of carbonyl (C=O) groups is 2. The third kappa shape index (κ3) is 3.49. The van der Waals surface area contributed by atoms with Crippen molar-refractivity contribution in [1.82, 2.24) is 20.4 Å². The van der Waals surface area contributed by atoms with Gasteiger partial charge in [-0.3, -0.25) is 14.7 Å². The summed E-state index contributed by atoms with van der Waals surface area (Å²) in [5, 5.41) is 9.68. The first-order valence-corrected chi connectivity index (χ1v) is 9.24. The van der Waals surface area contributed by atoms with Gasteiger partial charge in [0.25, 0.3) is 11.8 Å². The Balaban J connectivity index is 1.45. The molecule has 28 heavy (non-hydrogen) atoms. The zero-order valence-corrected chi connectivity index (χ0v) is 15.1. The van der Waals surface area contributed by atoms with Crippen molar-refractivity contribution in [2.24, 2.45) is 0 Å². The Bertz CT molecular complexity index is 888. The van der Waals surface area contributed by atoms with Crippen molar-refractivity contribution >= 4 is 11.8 Å². The van der Waals surface area contributed by atoms with Crippen LogP contribution in [0.3, 0.4) is 0 Å². The SMILES string of the molecule is O=C(NCC1CCCO1)c1n[nH]c2c1CCN(C(=O)c1c(F)cccc1F)C2. The lowest BCUT2D eigenvalue weighted by atomic mass is 10.0. The van der Waals surface area contributed by atoms with Crippen LogP contribution in [0.1, 0.15) is 44.9 Å². The summed E-state index contributed by atoms with van der Waals surface area (Å²) in [4.78, 5) is 26.3. The quantitative estimate of drug-likeness (QED) is 0.833. The number of amides is 2. The van der Waals surface area contributed by atoms with E-state index in [4.69, 9.17) is 4.74 Å². The summed E-state index contributed by atoms with van der Waals surface area (Å²) in [5.74, 6) is -2.81. The lowest BCUT2D eigenvalue weighted by Crippen LogP contribution is -2.38. The van der Waals surface area contributed by atoms with Gasteiger partial charge in [-0.25, -0.2) is 8.78 Å². The van der Waals surface area contributed by atoms with Crippen molar-refractivity contribution in [2.75, 3.05) is 19.7 Å². The van der Waals surface area contributed by atoms with Crippen LogP contribution in [-0.2, 0) is 17.7 Å². The molecule has 0 aliphatic carbocycles. The van der Waals surface area contributed by atoms with Crippen molar-refractivity contribution in [2.45, 2.75) is 31.9 Å². The van der Waals surface area contributed by atoms with Crippen molar-refractivity contribution in [3.63, 3.8) is 0 Å². The Morgan fingerprint density at radius 3 is 2.82 bits per heavy atom. The molecule has 0 spiro atoms. The minimum Gasteiger partial charge on any atom is -0.376 e. The predicted octanol–water partition coefficient (Wildman–Crippen LogP) is 1.80. The molecule has 2 amide bonds. The molecule has 2 aromatic rings. The fourth-order valence-electron chi connectivity index (χ4n) is 3.64. The maximum Gasteiger partial charge on any atom is 0.272 e. The van der Waals surface area contributed by atoms with Crippen LogP contribution in [0.25, 0.3) is 0 Å². The molecule has 3 heterocycles. The summed E-state index contributed by atoms with van der Waals surface area (Å²) in [5.41, 5.74) is 1.04. The molecule has 2 aliphatic rings. The van der Waals surface area contributed by atoms with Gasteiger partial charge in [0, 0.05) is 25.3 Å². The van der Waals surface area contributed by atoms with E-state index < -0.39 is 23.1 Å². The van der Waals surface area contributed by atoms with E-state index in [-0.39, 0.29) is 30.8 Å². The number of nitrogens with one attached hydrogen (secondary N) is 2. The van der Waals surface area contributed by atoms with E-state index >= 15 is 0 Å². The van der Waals surface area contributed by atoms with Crippen LogP contribution < -0.4 is 5.32 Å². The third-order valence-electron chi connectivity index (χ3n) is 5.13. The van der Waals surface area contributed by atoms with E-state index in [0.717, 1.165) is 30.5 Å². The normalized spacial score (nSPS) is 18.8. The highest BCUT2D eigenvalue weighted by molar-refractivity contribution is 5.96. The smallest absolute Gasteiger partial charge is 0.272 e. The molecule has 1 unspecified atom stereocenters. The summed E-state index contributed by atoms with van der Waals surface area (Å²) >= 11 is 0. The van der Waals surface area contributed by atoms with E-state index in [0.29, 0.717) is 25.3 Å². The van der Waals surface area contributed by atoms with Crippen LogP contribution in [0.4, 0.5) is 8.78 Å². The van der Waals surface area contributed by atoms with Gasteiger partial charge in [-0.1, -0.05) is 6.07 Å². The highest BCUT2D eigenvalue weighted by Crippen LogP contribution is 2.23. The maximum absolute atomic E-state index is 13.9. The first kappa shape index (κ1) is 18.5. The number of benzene rings is 1. The average Bonchev–Trinajstić information content (AvgIpc) is 3.35. The molecule has 1 fully saturated rings. The van der Waals surface area contributed by atoms with E-state index in [9.17, 15) is 18.4 Å². The molecule has 0 saturated carbocycles. The van der Waals surface area contributed by atoms with Crippen molar-refractivity contribution < 1.29 is 23.1 Å². The predicted molar refractivity (Wildman–Crippen MR) is 94.7 cm³/mol. The molecule has 1 saturated heterocycles.